The zero-order valence-corrected chi connectivity index (χ0v) is 10.6. The van der Waals surface area contributed by atoms with Crippen molar-refractivity contribution >= 4 is 28.5 Å². The molecule has 94 valence electrons. The standard InChI is InChI=1S/C13H12ClNO3/c1-15-5-4-7-9(14)2-3-10-11(7)8(6-15)12(18-10)13(16)17/h2-3H,4-6H2,1H3,(H,16,17). The summed E-state index contributed by atoms with van der Waals surface area (Å²) >= 11 is 6.21. The molecular weight excluding hydrogens is 254 g/mol. The van der Waals surface area contributed by atoms with Crippen molar-refractivity contribution in [3.63, 3.8) is 0 Å². The zero-order valence-electron chi connectivity index (χ0n) is 9.86. The third-order valence-electron chi connectivity index (χ3n) is 3.37. The van der Waals surface area contributed by atoms with Gasteiger partial charge in [0, 0.05) is 29.1 Å². The molecule has 1 aliphatic rings. The van der Waals surface area contributed by atoms with Gasteiger partial charge in [-0.05, 0) is 31.2 Å². The summed E-state index contributed by atoms with van der Waals surface area (Å²) in [5, 5.41) is 10.8. The van der Waals surface area contributed by atoms with Crippen LogP contribution in [0.5, 0.6) is 0 Å². The van der Waals surface area contributed by atoms with Gasteiger partial charge in [-0.15, -0.1) is 0 Å². The highest BCUT2D eigenvalue weighted by Crippen LogP contribution is 2.35. The van der Waals surface area contributed by atoms with Crippen molar-refractivity contribution in [1.29, 1.82) is 0 Å². The Bertz CT molecular complexity index is 647. The summed E-state index contributed by atoms with van der Waals surface area (Å²) in [4.78, 5) is 13.3. The van der Waals surface area contributed by atoms with Gasteiger partial charge in [0.1, 0.15) is 5.58 Å². The molecule has 0 atom stereocenters. The van der Waals surface area contributed by atoms with Crippen LogP contribution in [0.1, 0.15) is 21.7 Å². The van der Waals surface area contributed by atoms with Crippen molar-refractivity contribution in [3.8, 4) is 0 Å². The minimum absolute atomic E-state index is 0.0299. The van der Waals surface area contributed by atoms with Crippen LogP contribution in [0.3, 0.4) is 0 Å². The Labute approximate surface area is 109 Å². The van der Waals surface area contributed by atoms with Crippen molar-refractivity contribution in [2.24, 2.45) is 0 Å². The maximum Gasteiger partial charge on any atom is 0.372 e. The Morgan fingerprint density at radius 3 is 2.94 bits per heavy atom. The summed E-state index contributed by atoms with van der Waals surface area (Å²) in [5.74, 6) is -0.999. The molecule has 0 aliphatic carbocycles. The lowest BCUT2D eigenvalue weighted by molar-refractivity contribution is 0.0662. The van der Waals surface area contributed by atoms with Crippen LogP contribution in [-0.2, 0) is 13.0 Å². The van der Waals surface area contributed by atoms with Crippen molar-refractivity contribution in [3.05, 3.63) is 34.0 Å². The predicted molar refractivity (Wildman–Crippen MR) is 68.2 cm³/mol. The summed E-state index contributed by atoms with van der Waals surface area (Å²) in [5.41, 5.74) is 2.33. The Kier molecular flexibility index (Phi) is 2.57. The molecule has 1 N–H and O–H groups in total. The highest BCUT2D eigenvalue weighted by molar-refractivity contribution is 6.32. The number of likely N-dealkylation sites (N-methyl/N-ethyl adjacent to an activating group) is 1. The quantitative estimate of drug-likeness (QED) is 0.861. The maximum absolute atomic E-state index is 11.2. The van der Waals surface area contributed by atoms with E-state index < -0.39 is 5.97 Å². The van der Waals surface area contributed by atoms with E-state index in [4.69, 9.17) is 16.0 Å². The molecule has 4 nitrogen and oxygen atoms in total. The number of furan rings is 1. The number of hydrogen-bond donors (Lipinski definition) is 1. The first-order valence-corrected chi connectivity index (χ1v) is 6.10. The molecule has 0 bridgehead atoms. The molecule has 3 rings (SSSR count). The maximum atomic E-state index is 11.2. The lowest BCUT2D eigenvalue weighted by Crippen LogP contribution is -2.19. The average molecular weight is 266 g/mol. The summed E-state index contributed by atoms with van der Waals surface area (Å²) in [6.07, 6.45) is 0.804. The third-order valence-corrected chi connectivity index (χ3v) is 3.73. The van der Waals surface area contributed by atoms with E-state index in [9.17, 15) is 9.90 Å². The Morgan fingerprint density at radius 1 is 1.44 bits per heavy atom. The van der Waals surface area contributed by atoms with Crippen molar-refractivity contribution in [2.75, 3.05) is 13.6 Å². The normalized spacial score (nSPS) is 15.9. The number of halogens is 1. The zero-order chi connectivity index (χ0) is 12.9. The fraction of sp³-hybridized carbons (Fsp3) is 0.308. The van der Waals surface area contributed by atoms with Crippen LogP contribution >= 0.6 is 11.6 Å². The molecule has 0 saturated carbocycles. The van der Waals surface area contributed by atoms with Gasteiger partial charge in [-0.2, -0.15) is 0 Å². The molecule has 0 fully saturated rings. The van der Waals surface area contributed by atoms with Crippen LogP contribution in [-0.4, -0.2) is 29.6 Å². The highest BCUT2D eigenvalue weighted by atomic mass is 35.5. The minimum atomic E-state index is -1.03. The van der Waals surface area contributed by atoms with Crippen LogP contribution in [0, 0.1) is 0 Å². The average Bonchev–Trinajstić information content (AvgIpc) is 2.57. The van der Waals surface area contributed by atoms with Gasteiger partial charge in [0.15, 0.2) is 0 Å². The van der Waals surface area contributed by atoms with E-state index in [1.54, 1.807) is 12.1 Å². The molecule has 1 aliphatic heterocycles. The molecule has 0 amide bonds. The fourth-order valence-electron chi connectivity index (χ4n) is 2.52. The van der Waals surface area contributed by atoms with Gasteiger partial charge in [0.25, 0.3) is 0 Å². The molecule has 2 heterocycles. The molecule has 1 aromatic carbocycles. The lowest BCUT2D eigenvalue weighted by Gasteiger charge is -2.12. The summed E-state index contributed by atoms with van der Waals surface area (Å²) in [6, 6.07) is 3.51. The molecule has 0 unspecified atom stereocenters. The Hall–Kier alpha value is -1.52. The van der Waals surface area contributed by atoms with E-state index in [0.717, 1.165) is 29.5 Å². The van der Waals surface area contributed by atoms with Gasteiger partial charge < -0.3 is 14.4 Å². The molecule has 1 aromatic heterocycles. The van der Waals surface area contributed by atoms with Gasteiger partial charge in [0.2, 0.25) is 5.76 Å². The molecule has 0 radical (unpaired) electrons. The fourth-order valence-corrected chi connectivity index (χ4v) is 2.77. The number of carboxylic acids is 1. The first kappa shape index (κ1) is 11.6. The first-order chi connectivity index (χ1) is 8.58. The first-order valence-electron chi connectivity index (χ1n) is 5.72. The Balaban J connectivity index is 2.39. The second-order valence-electron chi connectivity index (χ2n) is 4.60. The van der Waals surface area contributed by atoms with Gasteiger partial charge >= 0.3 is 5.97 Å². The van der Waals surface area contributed by atoms with Gasteiger partial charge in [0.05, 0.1) is 0 Å². The number of benzene rings is 1. The number of hydrogen-bond acceptors (Lipinski definition) is 3. The molecule has 0 saturated heterocycles. The SMILES string of the molecule is CN1CCc2c(Cl)ccc3oc(C(=O)O)c(c23)C1. The number of carbonyl (C=O) groups is 1. The molecule has 18 heavy (non-hydrogen) atoms. The predicted octanol–water partition coefficient (Wildman–Crippen LogP) is 2.77. The topological polar surface area (TPSA) is 53.7 Å². The summed E-state index contributed by atoms with van der Waals surface area (Å²) in [7, 11) is 1.96. The van der Waals surface area contributed by atoms with Crippen molar-refractivity contribution in [2.45, 2.75) is 13.0 Å². The number of carboxylic acid groups (broad SMARTS) is 1. The van der Waals surface area contributed by atoms with Crippen LogP contribution in [0.15, 0.2) is 16.5 Å². The number of aromatic carboxylic acids is 1. The number of nitrogens with zero attached hydrogens (tertiary/aromatic N) is 1. The Morgan fingerprint density at radius 2 is 2.22 bits per heavy atom. The summed E-state index contributed by atoms with van der Waals surface area (Å²) < 4.78 is 5.45. The molecule has 2 aromatic rings. The van der Waals surface area contributed by atoms with Crippen LogP contribution in [0.25, 0.3) is 11.0 Å². The van der Waals surface area contributed by atoms with Gasteiger partial charge in [-0.1, -0.05) is 11.6 Å². The molecule has 0 spiro atoms. The van der Waals surface area contributed by atoms with Crippen LogP contribution in [0.2, 0.25) is 5.02 Å². The monoisotopic (exact) mass is 265 g/mol. The second-order valence-corrected chi connectivity index (χ2v) is 5.01. The van der Waals surface area contributed by atoms with Gasteiger partial charge in [-0.3, -0.25) is 0 Å². The third kappa shape index (κ3) is 1.61. The van der Waals surface area contributed by atoms with E-state index >= 15 is 0 Å². The van der Waals surface area contributed by atoms with E-state index in [0.29, 0.717) is 17.2 Å². The van der Waals surface area contributed by atoms with Gasteiger partial charge in [-0.25, -0.2) is 4.79 Å². The van der Waals surface area contributed by atoms with Crippen LogP contribution < -0.4 is 0 Å². The highest BCUT2D eigenvalue weighted by Gasteiger charge is 2.26. The van der Waals surface area contributed by atoms with Crippen LogP contribution in [0.4, 0.5) is 0 Å². The van der Waals surface area contributed by atoms with Crippen molar-refractivity contribution < 1.29 is 14.3 Å². The molecular formula is C13H12ClNO3. The van der Waals surface area contributed by atoms with E-state index in [2.05, 4.69) is 4.90 Å². The second kappa shape index (κ2) is 4.00. The van der Waals surface area contributed by atoms with Crippen molar-refractivity contribution in [1.82, 2.24) is 4.90 Å². The minimum Gasteiger partial charge on any atom is -0.475 e. The van der Waals surface area contributed by atoms with E-state index in [1.165, 1.54) is 0 Å². The van der Waals surface area contributed by atoms with E-state index in [-0.39, 0.29) is 5.76 Å². The smallest absolute Gasteiger partial charge is 0.372 e. The summed E-state index contributed by atoms with van der Waals surface area (Å²) in [6.45, 7) is 1.43. The number of rotatable bonds is 1. The van der Waals surface area contributed by atoms with E-state index in [1.807, 2.05) is 7.05 Å². The molecule has 5 heteroatoms. The lowest BCUT2D eigenvalue weighted by atomic mass is 10.0. The largest absolute Gasteiger partial charge is 0.475 e.